The molecule has 0 fully saturated rings. The molecule has 0 radical (unpaired) electrons. The Kier molecular flexibility index (Phi) is 5.76. The molecule has 0 saturated heterocycles. The van der Waals surface area contributed by atoms with Crippen molar-refractivity contribution in [2.45, 2.75) is 12.3 Å². The van der Waals surface area contributed by atoms with Crippen LogP contribution >= 0.6 is 0 Å². The Morgan fingerprint density at radius 3 is 2.28 bits per heavy atom. The monoisotopic (exact) mass is 520 g/mol. The molecule has 192 valence electrons. The molecule has 4 aromatic rings. The summed E-state index contributed by atoms with van der Waals surface area (Å²) in [6.07, 6.45) is 0.289. The number of carbonyl (C=O) groups excluding carboxylic acids is 5. The predicted octanol–water partition coefficient (Wildman–Crippen LogP) is 3.95. The smallest absolute Gasteiger partial charge is 0.338 e. The van der Waals surface area contributed by atoms with Gasteiger partial charge in [-0.05, 0) is 48.9 Å². The van der Waals surface area contributed by atoms with Crippen molar-refractivity contribution in [1.29, 1.82) is 0 Å². The molecule has 0 saturated carbocycles. The molecular formula is C30H20N2O7. The number of aromatic nitrogens is 1. The van der Waals surface area contributed by atoms with E-state index in [1.165, 1.54) is 24.3 Å². The van der Waals surface area contributed by atoms with Gasteiger partial charge in [0.1, 0.15) is 11.7 Å². The van der Waals surface area contributed by atoms with Crippen LogP contribution in [-0.2, 0) is 4.74 Å². The number of ketones is 2. The summed E-state index contributed by atoms with van der Waals surface area (Å²) in [5.74, 6) is -3.57. The first kappa shape index (κ1) is 24.2. The normalized spacial score (nSPS) is 16.1. The zero-order chi connectivity index (χ0) is 27.3. The summed E-state index contributed by atoms with van der Waals surface area (Å²) in [4.78, 5) is 68.9. The Labute approximate surface area is 221 Å². The molecule has 6 rings (SSSR count). The highest BCUT2D eigenvalue weighted by atomic mass is 16.5. The van der Waals surface area contributed by atoms with E-state index in [0.29, 0.717) is 22.0 Å². The number of ether oxygens (including phenoxy) is 1. The lowest BCUT2D eigenvalue weighted by molar-refractivity contribution is 0.0482. The Morgan fingerprint density at radius 1 is 0.846 bits per heavy atom. The van der Waals surface area contributed by atoms with Crippen LogP contribution in [-0.4, -0.2) is 57.5 Å². The maximum atomic E-state index is 12.9. The number of fused-ring (bicyclic) bond motifs is 3. The van der Waals surface area contributed by atoms with Gasteiger partial charge < -0.3 is 9.84 Å². The van der Waals surface area contributed by atoms with E-state index in [1.54, 1.807) is 48.5 Å². The fourth-order valence-corrected chi connectivity index (χ4v) is 5.03. The summed E-state index contributed by atoms with van der Waals surface area (Å²) in [7, 11) is 0. The maximum absolute atomic E-state index is 12.9. The SMILES string of the molecule is O=C(OCCCN1C(=O)c2ccccc2C1=O)c1ccc2nc(C3C(=O)c4cccc(O)c4C3=O)ccc2c1. The second kappa shape index (κ2) is 9.29. The van der Waals surface area contributed by atoms with Crippen molar-refractivity contribution in [1.82, 2.24) is 9.88 Å². The minimum atomic E-state index is -1.13. The molecule has 9 nitrogen and oxygen atoms in total. The number of aromatic hydroxyl groups is 1. The maximum Gasteiger partial charge on any atom is 0.338 e. The molecule has 39 heavy (non-hydrogen) atoms. The molecule has 1 aliphatic heterocycles. The van der Waals surface area contributed by atoms with Gasteiger partial charge in [-0.3, -0.25) is 29.1 Å². The number of phenols is 1. The number of carbonyl (C=O) groups is 5. The Morgan fingerprint density at radius 2 is 1.56 bits per heavy atom. The Balaban J connectivity index is 1.10. The van der Waals surface area contributed by atoms with E-state index in [-0.39, 0.29) is 59.5 Å². The van der Waals surface area contributed by atoms with Gasteiger partial charge in [-0.2, -0.15) is 0 Å². The second-order valence-corrected chi connectivity index (χ2v) is 9.30. The molecule has 2 heterocycles. The highest BCUT2D eigenvalue weighted by Crippen LogP contribution is 2.38. The van der Waals surface area contributed by atoms with Crippen molar-refractivity contribution in [3.05, 3.63) is 106 Å². The van der Waals surface area contributed by atoms with Crippen LogP contribution in [0.15, 0.2) is 72.8 Å². The summed E-state index contributed by atoms with van der Waals surface area (Å²) in [6.45, 7) is 0.144. The van der Waals surface area contributed by atoms with E-state index >= 15 is 0 Å². The lowest BCUT2D eigenvalue weighted by Gasteiger charge is -2.13. The number of Topliss-reactive ketones (excluding diaryl/α,β-unsaturated/α-hetero) is 2. The highest BCUT2D eigenvalue weighted by molar-refractivity contribution is 6.30. The van der Waals surface area contributed by atoms with Crippen molar-refractivity contribution in [3.63, 3.8) is 0 Å². The summed E-state index contributed by atoms with van der Waals surface area (Å²) < 4.78 is 5.34. The molecule has 1 N–H and O–H groups in total. The van der Waals surface area contributed by atoms with Crippen LogP contribution in [0.1, 0.15) is 69.8 Å². The topological polar surface area (TPSA) is 131 Å². The van der Waals surface area contributed by atoms with E-state index in [9.17, 15) is 29.1 Å². The summed E-state index contributed by atoms with van der Waals surface area (Å²) in [5, 5.41) is 10.7. The first-order chi connectivity index (χ1) is 18.8. The molecule has 0 bridgehead atoms. The largest absolute Gasteiger partial charge is 0.507 e. The molecule has 3 aromatic carbocycles. The average molecular weight is 520 g/mol. The number of phenolic OH excluding ortho intramolecular Hbond substituents is 1. The second-order valence-electron chi connectivity index (χ2n) is 9.30. The van der Waals surface area contributed by atoms with Crippen LogP contribution in [0.2, 0.25) is 0 Å². The van der Waals surface area contributed by atoms with Crippen LogP contribution < -0.4 is 0 Å². The lowest BCUT2D eigenvalue weighted by atomic mass is 9.98. The third kappa shape index (κ3) is 3.95. The predicted molar refractivity (Wildman–Crippen MR) is 138 cm³/mol. The zero-order valence-corrected chi connectivity index (χ0v) is 20.4. The number of amides is 2. The van der Waals surface area contributed by atoms with E-state index in [0.717, 1.165) is 4.90 Å². The molecule has 1 unspecified atom stereocenters. The van der Waals surface area contributed by atoms with Crippen LogP contribution in [0, 0.1) is 0 Å². The number of imide groups is 1. The zero-order valence-electron chi connectivity index (χ0n) is 20.4. The van der Waals surface area contributed by atoms with E-state index in [2.05, 4.69) is 4.98 Å². The highest BCUT2D eigenvalue weighted by Gasteiger charge is 2.42. The van der Waals surface area contributed by atoms with Gasteiger partial charge in [0.2, 0.25) is 0 Å². The van der Waals surface area contributed by atoms with Gasteiger partial charge in [-0.15, -0.1) is 0 Å². The number of esters is 1. The molecule has 1 atom stereocenters. The lowest BCUT2D eigenvalue weighted by Crippen LogP contribution is -2.31. The van der Waals surface area contributed by atoms with Crippen LogP contribution in [0.4, 0.5) is 0 Å². The van der Waals surface area contributed by atoms with Crippen molar-refractivity contribution in [2.75, 3.05) is 13.2 Å². The quantitative estimate of drug-likeness (QED) is 0.175. The first-order valence-corrected chi connectivity index (χ1v) is 12.3. The van der Waals surface area contributed by atoms with Crippen molar-refractivity contribution in [3.8, 4) is 5.75 Å². The third-order valence-electron chi connectivity index (χ3n) is 6.96. The number of pyridine rings is 1. The molecule has 1 aromatic heterocycles. The molecule has 2 amide bonds. The number of benzene rings is 3. The molecule has 9 heteroatoms. The molecule has 1 aliphatic carbocycles. The van der Waals surface area contributed by atoms with Crippen LogP contribution in [0.25, 0.3) is 10.9 Å². The Bertz CT molecular complexity index is 1710. The summed E-state index contributed by atoms with van der Waals surface area (Å²) >= 11 is 0. The van der Waals surface area contributed by atoms with E-state index < -0.39 is 23.5 Å². The van der Waals surface area contributed by atoms with Gasteiger partial charge in [-0.1, -0.05) is 30.3 Å². The third-order valence-corrected chi connectivity index (χ3v) is 6.96. The minimum absolute atomic E-state index is 0.00971. The van der Waals surface area contributed by atoms with E-state index in [1.807, 2.05) is 0 Å². The van der Waals surface area contributed by atoms with Gasteiger partial charge >= 0.3 is 5.97 Å². The first-order valence-electron chi connectivity index (χ1n) is 12.3. The van der Waals surface area contributed by atoms with Crippen LogP contribution in [0.3, 0.4) is 0 Å². The van der Waals surface area contributed by atoms with Gasteiger partial charge in [0.25, 0.3) is 11.8 Å². The van der Waals surface area contributed by atoms with Crippen molar-refractivity contribution in [2.24, 2.45) is 0 Å². The van der Waals surface area contributed by atoms with Gasteiger partial charge in [0.05, 0.1) is 40.1 Å². The van der Waals surface area contributed by atoms with Crippen LogP contribution in [0.5, 0.6) is 5.75 Å². The van der Waals surface area contributed by atoms with Gasteiger partial charge in [0, 0.05) is 17.5 Å². The van der Waals surface area contributed by atoms with Gasteiger partial charge in [-0.25, -0.2) is 4.79 Å². The minimum Gasteiger partial charge on any atom is -0.507 e. The molecule has 2 aliphatic rings. The number of hydrogen-bond donors (Lipinski definition) is 1. The van der Waals surface area contributed by atoms with Crippen molar-refractivity contribution < 1.29 is 33.8 Å². The number of rotatable bonds is 6. The summed E-state index contributed by atoms with van der Waals surface area (Å²) in [6, 6.07) is 19.0. The average Bonchev–Trinajstić information content (AvgIpc) is 3.35. The molecule has 0 spiro atoms. The fraction of sp³-hybridized carbons (Fsp3) is 0.133. The van der Waals surface area contributed by atoms with Gasteiger partial charge in [0.15, 0.2) is 11.6 Å². The fourth-order valence-electron chi connectivity index (χ4n) is 5.03. The van der Waals surface area contributed by atoms with E-state index in [4.69, 9.17) is 4.74 Å². The summed E-state index contributed by atoms with van der Waals surface area (Å²) in [5.41, 5.74) is 1.95. The molecular weight excluding hydrogens is 500 g/mol. The Hall–Kier alpha value is -5.18. The standard InChI is InChI=1S/C30H20N2O7/c33-23-8-3-7-20-24(23)27(35)25(26(20)34)22-12-9-16-15-17(10-11-21(16)31-22)30(38)39-14-4-13-32-28(36)18-5-1-2-6-19(18)29(32)37/h1-3,5-12,15,25,33H,4,13-14H2. The van der Waals surface area contributed by atoms with Crippen molar-refractivity contribution >= 4 is 40.3 Å². The number of hydrogen-bond acceptors (Lipinski definition) is 8. The number of nitrogens with zero attached hydrogens (tertiary/aromatic N) is 2.